The number of likely N-dealkylation sites (N-methyl/N-ethyl adjacent to an activating group) is 1. The highest BCUT2D eigenvalue weighted by molar-refractivity contribution is 7.89. The van der Waals surface area contributed by atoms with Gasteiger partial charge < -0.3 is 14.9 Å². The Labute approximate surface area is 224 Å². The van der Waals surface area contributed by atoms with Crippen molar-refractivity contribution < 1.29 is 18.3 Å². The summed E-state index contributed by atoms with van der Waals surface area (Å²) in [6.45, 7) is 9.12. The molecule has 0 radical (unpaired) electrons. The van der Waals surface area contributed by atoms with E-state index in [1.54, 1.807) is 36.4 Å². The van der Waals surface area contributed by atoms with Crippen LogP contribution in [0.15, 0.2) is 65.1 Å². The molecule has 2 aliphatic rings. The molecular weight excluding hydrogens is 504 g/mol. The number of sulfonamides is 1. The molecule has 2 aliphatic heterocycles. The number of anilines is 1. The number of allylic oxidation sites excluding steroid dienone is 1. The molecule has 2 aromatic rings. The Morgan fingerprint density at radius 2 is 1.71 bits per heavy atom. The molecule has 0 aliphatic carbocycles. The number of benzene rings is 2. The smallest absolute Gasteiger partial charge is 0.254 e. The van der Waals surface area contributed by atoms with E-state index in [0.717, 1.165) is 37.4 Å². The molecule has 204 valence electrons. The summed E-state index contributed by atoms with van der Waals surface area (Å²) in [5.41, 5.74) is 4.75. The molecule has 0 spiro atoms. The molecule has 2 N–H and O–H groups in total. The third-order valence-corrected chi connectivity index (χ3v) is 8.86. The van der Waals surface area contributed by atoms with E-state index in [0.29, 0.717) is 38.2 Å². The van der Waals surface area contributed by atoms with Crippen LogP contribution in [-0.2, 0) is 21.2 Å². The van der Waals surface area contributed by atoms with Crippen molar-refractivity contribution >= 4 is 27.8 Å². The highest BCUT2D eigenvalue weighted by atomic mass is 32.2. The molecule has 0 unspecified atom stereocenters. The summed E-state index contributed by atoms with van der Waals surface area (Å²) in [6, 6.07) is 12.5. The van der Waals surface area contributed by atoms with Crippen LogP contribution in [-0.4, -0.2) is 106 Å². The van der Waals surface area contributed by atoms with E-state index >= 15 is 0 Å². The molecule has 2 heterocycles. The number of piperazine rings is 2. The van der Waals surface area contributed by atoms with Crippen LogP contribution in [0, 0.1) is 0 Å². The number of nitrogens with one attached hydrogen (secondary N) is 1. The number of aromatic hydroxyl groups is 1. The van der Waals surface area contributed by atoms with Crippen molar-refractivity contribution in [2.24, 2.45) is 5.10 Å². The van der Waals surface area contributed by atoms with Gasteiger partial charge in [0.15, 0.2) is 0 Å². The minimum atomic E-state index is -3.60. The van der Waals surface area contributed by atoms with Crippen molar-refractivity contribution in [1.82, 2.24) is 19.5 Å². The van der Waals surface area contributed by atoms with Crippen molar-refractivity contribution in [2.45, 2.75) is 11.3 Å². The summed E-state index contributed by atoms with van der Waals surface area (Å²) < 4.78 is 27.8. The predicted molar refractivity (Wildman–Crippen MR) is 149 cm³/mol. The second-order valence-electron chi connectivity index (χ2n) is 9.61. The second kappa shape index (κ2) is 12.5. The van der Waals surface area contributed by atoms with Gasteiger partial charge in [-0.15, -0.1) is 6.58 Å². The van der Waals surface area contributed by atoms with Gasteiger partial charge in [-0.2, -0.15) is 9.41 Å². The molecule has 0 atom stereocenters. The van der Waals surface area contributed by atoms with Gasteiger partial charge in [0.25, 0.3) is 5.91 Å². The lowest BCUT2D eigenvalue weighted by molar-refractivity contribution is -0.122. The van der Waals surface area contributed by atoms with Gasteiger partial charge in [-0.3, -0.25) is 9.69 Å². The van der Waals surface area contributed by atoms with Gasteiger partial charge >= 0.3 is 0 Å². The number of rotatable bonds is 9. The molecule has 4 rings (SSSR count). The number of carbonyl (C=O) groups excluding carboxylic acids is 1. The molecule has 2 aromatic carbocycles. The molecule has 2 saturated heterocycles. The summed E-state index contributed by atoms with van der Waals surface area (Å²) in [5.74, 6) is -0.199. The number of carbonyl (C=O) groups is 1. The Morgan fingerprint density at radius 3 is 2.37 bits per heavy atom. The maximum atomic E-state index is 13.2. The number of hydrazone groups is 1. The molecule has 38 heavy (non-hydrogen) atoms. The van der Waals surface area contributed by atoms with Crippen LogP contribution in [0.4, 0.5) is 5.69 Å². The Balaban J connectivity index is 1.25. The largest absolute Gasteiger partial charge is 0.507 e. The van der Waals surface area contributed by atoms with Crippen LogP contribution >= 0.6 is 0 Å². The van der Waals surface area contributed by atoms with Crippen LogP contribution in [0.25, 0.3) is 0 Å². The average Bonchev–Trinajstić information content (AvgIpc) is 2.92. The van der Waals surface area contributed by atoms with E-state index in [4.69, 9.17) is 0 Å². The lowest BCUT2D eigenvalue weighted by Gasteiger charge is -2.34. The number of nitrogens with zero attached hydrogens (tertiary/aromatic N) is 5. The minimum absolute atomic E-state index is 0.105. The van der Waals surface area contributed by atoms with Gasteiger partial charge in [0.2, 0.25) is 10.0 Å². The average molecular weight is 541 g/mol. The quantitative estimate of drug-likeness (QED) is 0.281. The molecule has 1 amide bonds. The molecule has 2 fully saturated rings. The van der Waals surface area contributed by atoms with Gasteiger partial charge in [-0.25, -0.2) is 13.8 Å². The van der Waals surface area contributed by atoms with E-state index in [1.807, 2.05) is 17.0 Å². The Hall–Kier alpha value is -3.25. The summed E-state index contributed by atoms with van der Waals surface area (Å²) in [6.07, 6.45) is 3.64. The first-order valence-corrected chi connectivity index (χ1v) is 14.2. The molecule has 0 bridgehead atoms. The highest BCUT2D eigenvalue weighted by Crippen LogP contribution is 2.23. The van der Waals surface area contributed by atoms with Gasteiger partial charge in [0.1, 0.15) is 5.75 Å². The highest BCUT2D eigenvalue weighted by Gasteiger charge is 2.29. The Bertz CT molecular complexity index is 1250. The lowest BCUT2D eigenvalue weighted by atomic mass is 10.1. The first-order chi connectivity index (χ1) is 18.3. The SMILES string of the molecule is C=CCc1cccc(/C=N/NC(=O)CN2CCN(S(=O)(=O)c3ccc(N4CCN(C)CC4)cc3)CC2)c1O. The first-order valence-electron chi connectivity index (χ1n) is 12.8. The van der Waals surface area contributed by atoms with Crippen molar-refractivity contribution in [1.29, 1.82) is 0 Å². The van der Waals surface area contributed by atoms with Crippen LogP contribution in [0.1, 0.15) is 11.1 Å². The zero-order valence-electron chi connectivity index (χ0n) is 21.8. The topological polar surface area (TPSA) is 109 Å². The monoisotopic (exact) mass is 540 g/mol. The maximum Gasteiger partial charge on any atom is 0.254 e. The van der Waals surface area contributed by atoms with Crippen molar-refractivity contribution in [2.75, 3.05) is 70.9 Å². The number of hydrogen-bond donors (Lipinski definition) is 2. The van der Waals surface area contributed by atoms with Crippen molar-refractivity contribution in [3.05, 3.63) is 66.2 Å². The van der Waals surface area contributed by atoms with E-state index in [2.05, 4.69) is 34.0 Å². The predicted octanol–water partition coefficient (Wildman–Crippen LogP) is 1.33. The maximum absolute atomic E-state index is 13.2. The van der Waals surface area contributed by atoms with Crippen LogP contribution in [0.2, 0.25) is 0 Å². The van der Waals surface area contributed by atoms with E-state index in [9.17, 15) is 18.3 Å². The number of hydrogen-bond acceptors (Lipinski definition) is 8. The fraction of sp³-hybridized carbons (Fsp3) is 0.407. The van der Waals surface area contributed by atoms with Crippen molar-refractivity contribution in [3.8, 4) is 5.75 Å². The third kappa shape index (κ3) is 6.79. The van der Waals surface area contributed by atoms with Crippen LogP contribution in [0.3, 0.4) is 0 Å². The Morgan fingerprint density at radius 1 is 1.03 bits per heavy atom. The minimum Gasteiger partial charge on any atom is -0.507 e. The molecule has 11 heteroatoms. The molecule has 0 aromatic heterocycles. The summed E-state index contributed by atoms with van der Waals surface area (Å²) in [4.78, 5) is 19.1. The number of para-hydroxylation sites is 1. The van der Waals surface area contributed by atoms with E-state index < -0.39 is 10.0 Å². The van der Waals surface area contributed by atoms with E-state index in [-0.39, 0.29) is 23.1 Å². The number of amides is 1. The van der Waals surface area contributed by atoms with Crippen LogP contribution < -0.4 is 10.3 Å². The van der Waals surface area contributed by atoms with Crippen LogP contribution in [0.5, 0.6) is 5.75 Å². The zero-order chi connectivity index (χ0) is 27.1. The van der Waals surface area contributed by atoms with Crippen molar-refractivity contribution in [3.63, 3.8) is 0 Å². The number of phenols is 1. The lowest BCUT2D eigenvalue weighted by Crippen LogP contribution is -2.50. The summed E-state index contributed by atoms with van der Waals surface area (Å²) in [7, 11) is -1.50. The van der Waals surface area contributed by atoms with E-state index in [1.165, 1.54) is 10.5 Å². The zero-order valence-corrected chi connectivity index (χ0v) is 22.6. The third-order valence-electron chi connectivity index (χ3n) is 6.95. The molecular formula is C27H36N6O4S. The molecule has 10 nitrogen and oxygen atoms in total. The first kappa shape index (κ1) is 27.8. The fourth-order valence-corrected chi connectivity index (χ4v) is 6.04. The second-order valence-corrected chi connectivity index (χ2v) is 11.5. The van der Waals surface area contributed by atoms with Gasteiger partial charge in [0.05, 0.1) is 17.7 Å². The Kier molecular flexibility index (Phi) is 9.16. The fourth-order valence-electron chi connectivity index (χ4n) is 4.62. The molecule has 0 saturated carbocycles. The summed E-state index contributed by atoms with van der Waals surface area (Å²) >= 11 is 0. The normalized spacial score (nSPS) is 18.1. The van der Waals surface area contributed by atoms with Gasteiger partial charge in [0, 0.05) is 63.6 Å². The number of phenolic OH excluding ortho intramolecular Hbond substituents is 1. The van der Waals surface area contributed by atoms with Gasteiger partial charge in [-0.1, -0.05) is 18.2 Å². The standard InChI is InChI=1S/C27H36N6O4S/c1-3-5-22-6-4-7-23(27(22)35)20-28-29-26(34)21-31-14-18-33(19-15-31)38(36,37)25-10-8-24(9-11-25)32-16-12-30(2)13-17-32/h3-4,6-11,20,35H,1,5,12-19,21H2,2H3,(H,29,34)/b28-20+. The van der Waals surface area contributed by atoms with Gasteiger partial charge in [-0.05, 0) is 49.4 Å². The summed E-state index contributed by atoms with van der Waals surface area (Å²) in [5, 5.41) is 14.2.